The number of halogens is 1. The van der Waals surface area contributed by atoms with Crippen LogP contribution in [0.5, 0.6) is 0 Å². The van der Waals surface area contributed by atoms with Crippen LogP contribution < -0.4 is 0 Å². The summed E-state index contributed by atoms with van der Waals surface area (Å²) in [6.45, 7) is 6.24. The lowest BCUT2D eigenvalue weighted by Gasteiger charge is -2.14. The van der Waals surface area contributed by atoms with Crippen LogP contribution in [0.2, 0.25) is 5.15 Å². The van der Waals surface area contributed by atoms with Crippen LogP contribution in [0.25, 0.3) is 5.65 Å². The van der Waals surface area contributed by atoms with Crippen molar-refractivity contribution in [3.63, 3.8) is 0 Å². The normalized spacial score (nSPS) is 12.3. The van der Waals surface area contributed by atoms with E-state index in [0.717, 1.165) is 11.5 Å². The topological polar surface area (TPSA) is 43.1 Å². The molecule has 2 heterocycles. The van der Waals surface area contributed by atoms with E-state index in [0.29, 0.717) is 5.15 Å². The van der Waals surface area contributed by atoms with E-state index in [9.17, 15) is 0 Å². The van der Waals surface area contributed by atoms with E-state index in [1.807, 2.05) is 4.40 Å². The van der Waals surface area contributed by atoms with Gasteiger partial charge in [0.25, 0.3) is 0 Å². The predicted molar refractivity (Wildman–Crippen MR) is 54.5 cm³/mol. The van der Waals surface area contributed by atoms with Gasteiger partial charge in [-0.05, 0) is 0 Å². The summed E-state index contributed by atoms with van der Waals surface area (Å²) >= 11 is 5.75. The molecular formula is C9H11ClN4. The molecular weight excluding hydrogens is 200 g/mol. The SMILES string of the molecule is CC(C)(C)c1nnc2cc(Cl)ncn12. The smallest absolute Gasteiger partial charge is 0.165 e. The maximum atomic E-state index is 5.75. The quantitative estimate of drug-likeness (QED) is 0.626. The predicted octanol–water partition coefficient (Wildman–Crippen LogP) is 2.08. The standard InChI is InChI=1S/C9H11ClN4/c1-9(2,3)8-13-12-7-4-6(10)11-5-14(7)8/h4-5H,1-3H3. The summed E-state index contributed by atoms with van der Waals surface area (Å²) in [5.74, 6) is 0.886. The van der Waals surface area contributed by atoms with Gasteiger partial charge in [0.15, 0.2) is 5.65 Å². The first kappa shape index (κ1) is 9.40. The molecule has 0 saturated heterocycles. The van der Waals surface area contributed by atoms with Crippen LogP contribution >= 0.6 is 11.6 Å². The zero-order chi connectivity index (χ0) is 10.3. The molecule has 5 heteroatoms. The van der Waals surface area contributed by atoms with Crippen molar-refractivity contribution < 1.29 is 0 Å². The van der Waals surface area contributed by atoms with E-state index in [1.165, 1.54) is 0 Å². The van der Waals surface area contributed by atoms with Crippen LogP contribution in [0.4, 0.5) is 0 Å². The van der Waals surface area contributed by atoms with Crippen LogP contribution in [0.1, 0.15) is 26.6 Å². The molecule has 0 fully saturated rings. The highest BCUT2D eigenvalue weighted by molar-refractivity contribution is 6.29. The fraction of sp³-hybridized carbons (Fsp3) is 0.444. The summed E-state index contributed by atoms with van der Waals surface area (Å²) in [5, 5.41) is 8.59. The van der Waals surface area contributed by atoms with Crippen molar-refractivity contribution in [1.82, 2.24) is 19.6 Å². The van der Waals surface area contributed by atoms with Gasteiger partial charge < -0.3 is 0 Å². The Kier molecular flexibility index (Phi) is 1.96. The summed E-state index contributed by atoms with van der Waals surface area (Å²) in [5.41, 5.74) is 0.685. The van der Waals surface area contributed by atoms with Crippen molar-refractivity contribution in [2.24, 2.45) is 0 Å². The average molecular weight is 211 g/mol. The van der Waals surface area contributed by atoms with Crippen molar-refractivity contribution >= 4 is 17.2 Å². The second-order valence-electron chi connectivity index (χ2n) is 4.21. The van der Waals surface area contributed by atoms with Gasteiger partial charge in [-0.25, -0.2) is 4.98 Å². The molecule has 0 spiro atoms. The number of rotatable bonds is 0. The molecule has 0 atom stereocenters. The molecule has 74 valence electrons. The zero-order valence-electron chi connectivity index (χ0n) is 8.32. The van der Waals surface area contributed by atoms with Gasteiger partial charge in [0.05, 0.1) is 0 Å². The minimum absolute atomic E-state index is 0.0467. The highest BCUT2D eigenvalue weighted by Crippen LogP contribution is 2.20. The molecule has 0 aliphatic heterocycles. The highest BCUT2D eigenvalue weighted by Gasteiger charge is 2.20. The van der Waals surface area contributed by atoms with E-state index in [4.69, 9.17) is 11.6 Å². The highest BCUT2D eigenvalue weighted by atomic mass is 35.5. The van der Waals surface area contributed by atoms with Crippen LogP contribution in [0.15, 0.2) is 12.4 Å². The van der Waals surface area contributed by atoms with E-state index < -0.39 is 0 Å². The van der Waals surface area contributed by atoms with Gasteiger partial charge in [0.2, 0.25) is 0 Å². The molecule has 14 heavy (non-hydrogen) atoms. The summed E-state index contributed by atoms with van der Waals surface area (Å²) in [6, 6.07) is 1.70. The van der Waals surface area contributed by atoms with E-state index in [-0.39, 0.29) is 5.41 Å². The number of hydrogen-bond acceptors (Lipinski definition) is 3. The van der Waals surface area contributed by atoms with Crippen LogP contribution in [0, 0.1) is 0 Å². The molecule has 0 saturated carbocycles. The number of nitrogens with zero attached hydrogens (tertiary/aromatic N) is 4. The summed E-state index contributed by atoms with van der Waals surface area (Å²) < 4.78 is 1.85. The van der Waals surface area contributed by atoms with Gasteiger partial charge in [0.1, 0.15) is 17.3 Å². The van der Waals surface area contributed by atoms with Gasteiger partial charge in [-0.1, -0.05) is 32.4 Å². The molecule has 0 aliphatic carbocycles. The largest absolute Gasteiger partial charge is 0.269 e. The molecule has 0 unspecified atom stereocenters. The molecule has 0 bridgehead atoms. The van der Waals surface area contributed by atoms with E-state index in [1.54, 1.807) is 12.4 Å². The Bertz CT molecular complexity index is 469. The van der Waals surface area contributed by atoms with Crippen molar-refractivity contribution in [3.05, 3.63) is 23.4 Å². The monoisotopic (exact) mass is 210 g/mol. The fourth-order valence-corrected chi connectivity index (χ4v) is 1.42. The Balaban J connectivity index is 2.70. The Morgan fingerprint density at radius 2 is 2.00 bits per heavy atom. The Morgan fingerprint density at radius 1 is 1.29 bits per heavy atom. The van der Waals surface area contributed by atoms with Crippen molar-refractivity contribution in [2.45, 2.75) is 26.2 Å². The number of fused-ring (bicyclic) bond motifs is 1. The summed E-state index contributed by atoms with van der Waals surface area (Å²) in [6.07, 6.45) is 1.65. The van der Waals surface area contributed by atoms with Crippen molar-refractivity contribution in [2.75, 3.05) is 0 Å². The molecule has 2 aromatic heterocycles. The van der Waals surface area contributed by atoms with Crippen LogP contribution in [-0.4, -0.2) is 19.6 Å². The van der Waals surface area contributed by atoms with Crippen molar-refractivity contribution in [1.29, 1.82) is 0 Å². The second-order valence-corrected chi connectivity index (χ2v) is 4.60. The van der Waals surface area contributed by atoms with Gasteiger partial charge >= 0.3 is 0 Å². The third-order valence-electron chi connectivity index (χ3n) is 1.94. The average Bonchev–Trinajstić information content (AvgIpc) is 2.45. The molecule has 2 aromatic rings. The van der Waals surface area contributed by atoms with Crippen LogP contribution in [0.3, 0.4) is 0 Å². The molecule has 0 aliphatic rings. The first-order chi connectivity index (χ1) is 6.48. The lowest BCUT2D eigenvalue weighted by molar-refractivity contribution is 0.537. The van der Waals surface area contributed by atoms with Gasteiger partial charge in [-0.3, -0.25) is 4.40 Å². The van der Waals surface area contributed by atoms with E-state index >= 15 is 0 Å². The number of hydrogen-bond donors (Lipinski definition) is 0. The molecule has 2 rings (SSSR count). The summed E-state index contributed by atoms with van der Waals surface area (Å²) in [7, 11) is 0. The van der Waals surface area contributed by atoms with Gasteiger partial charge in [0, 0.05) is 11.5 Å². The third kappa shape index (κ3) is 1.46. The molecule has 4 nitrogen and oxygen atoms in total. The molecule has 0 amide bonds. The third-order valence-corrected chi connectivity index (χ3v) is 2.14. The maximum Gasteiger partial charge on any atom is 0.165 e. The molecule has 0 radical (unpaired) electrons. The first-order valence-electron chi connectivity index (χ1n) is 4.35. The van der Waals surface area contributed by atoms with Gasteiger partial charge in [-0.2, -0.15) is 0 Å². The Hall–Kier alpha value is -1.16. The lowest BCUT2D eigenvalue weighted by Crippen LogP contribution is -2.15. The Morgan fingerprint density at radius 3 is 2.64 bits per heavy atom. The first-order valence-corrected chi connectivity index (χ1v) is 4.73. The fourth-order valence-electron chi connectivity index (χ4n) is 1.28. The van der Waals surface area contributed by atoms with Crippen molar-refractivity contribution in [3.8, 4) is 0 Å². The molecule has 0 aromatic carbocycles. The van der Waals surface area contributed by atoms with E-state index in [2.05, 4.69) is 36.0 Å². The Labute approximate surface area is 86.9 Å². The summed E-state index contributed by atoms with van der Waals surface area (Å²) in [4.78, 5) is 4.00. The minimum Gasteiger partial charge on any atom is -0.269 e. The minimum atomic E-state index is -0.0467. The number of aromatic nitrogens is 4. The second kappa shape index (κ2) is 2.92. The lowest BCUT2D eigenvalue weighted by atomic mass is 9.96. The zero-order valence-corrected chi connectivity index (χ0v) is 9.08. The maximum absolute atomic E-state index is 5.75. The molecule has 0 N–H and O–H groups in total. The van der Waals surface area contributed by atoms with Gasteiger partial charge in [-0.15, -0.1) is 10.2 Å². The van der Waals surface area contributed by atoms with Crippen LogP contribution in [-0.2, 0) is 5.41 Å².